The van der Waals surface area contributed by atoms with Gasteiger partial charge < -0.3 is 9.84 Å². The van der Waals surface area contributed by atoms with Crippen molar-refractivity contribution in [3.05, 3.63) is 91.0 Å². The normalized spacial score (nSPS) is 26.9. The number of rotatable bonds is 5. The molecule has 1 aliphatic heterocycles. The van der Waals surface area contributed by atoms with Crippen LogP contribution in [0.4, 0.5) is 0 Å². The largest absolute Gasteiger partial charge is 0.465 e. The highest BCUT2D eigenvalue weighted by Crippen LogP contribution is 2.54. The van der Waals surface area contributed by atoms with Gasteiger partial charge in [0.25, 0.3) is 0 Å². The lowest BCUT2D eigenvalue weighted by molar-refractivity contribution is -0.156. The van der Waals surface area contributed by atoms with E-state index in [9.17, 15) is 9.90 Å². The average Bonchev–Trinajstić information content (AvgIpc) is 3.21. The Morgan fingerprint density at radius 2 is 1.25 bits per heavy atom. The Hall–Kier alpha value is -2.69. The molecular formula is C28H30O3Si. The molecule has 1 aliphatic carbocycles. The van der Waals surface area contributed by atoms with Crippen molar-refractivity contribution in [3.8, 4) is 0 Å². The lowest BCUT2D eigenvalue weighted by atomic mass is 9.57. The zero-order valence-electron chi connectivity index (χ0n) is 18.6. The molecule has 0 amide bonds. The number of cyclic esters (lactones) is 1. The number of hydrogen-bond donors (Lipinski definition) is 1. The van der Waals surface area contributed by atoms with E-state index in [1.165, 1.54) is 15.6 Å². The summed E-state index contributed by atoms with van der Waals surface area (Å²) in [7, 11) is -2.67. The number of carbonyl (C=O) groups excluding carboxylic acids is 1. The molecule has 1 saturated carbocycles. The number of aliphatic hydroxyl groups excluding tert-OH is 1. The maximum absolute atomic E-state index is 13.2. The number of aliphatic hydroxyl groups is 1. The van der Waals surface area contributed by atoms with Crippen LogP contribution in [-0.2, 0) is 9.53 Å². The van der Waals surface area contributed by atoms with Crippen molar-refractivity contribution in [3.63, 3.8) is 0 Å². The van der Waals surface area contributed by atoms with Gasteiger partial charge in [-0.3, -0.25) is 4.79 Å². The van der Waals surface area contributed by atoms with E-state index in [0.717, 1.165) is 6.42 Å². The molecule has 1 saturated heterocycles. The monoisotopic (exact) mass is 442 g/mol. The van der Waals surface area contributed by atoms with Crippen molar-refractivity contribution in [1.29, 1.82) is 0 Å². The van der Waals surface area contributed by atoms with E-state index in [2.05, 4.69) is 86.6 Å². The van der Waals surface area contributed by atoms with Gasteiger partial charge in [-0.05, 0) is 33.3 Å². The van der Waals surface area contributed by atoms with Crippen LogP contribution in [0.25, 0.3) is 0 Å². The van der Waals surface area contributed by atoms with Crippen LogP contribution in [0, 0.1) is 17.3 Å². The highest BCUT2D eigenvalue weighted by molar-refractivity contribution is 7.12. The summed E-state index contributed by atoms with van der Waals surface area (Å²) in [6.07, 6.45) is 0.350. The Balaban J connectivity index is 1.76. The number of benzene rings is 3. The summed E-state index contributed by atoms with van der Waals surface area (Å²) in [6, 6.07) is 32.0. The van der Waals surface area contributed by atoms with Gasteiger partial charge in [-0.15, -0.1) is 0 Å². The van der Waals surface area contributed by atoms with Gasteiger partial charge in [0, 0.05) is 5.54 Å². The topological polar surface area (TPSA) is 46.5 Å². The Morgan fingerprint density at radius 3 is 1.62 bits per heavy atom. The van der Waals surface area contributed by atoms with E-state index in [1.807, 2.05) is 18.2 Å². The van der Waals surface area contributed by atoms with E-state index < -0.39 is 14.2 Å². The summed E-state index contributed by atoms with van der Waals surface area (Å²) >= 11 is 0. The molecule has 1 N–H and O–H groups in total. The lowest BCUT2D eigenvalue weighted by Gasteiger charge is -2.52. The predicted molar refractivity (Wildman–Crippen MR) is 130 cm³/mol. The molecule has 0 radical (unpaired) electrons. The molecule has 0 spiro atoms. The van der Waals surface area contributed by atoms with Crippen molar-refractivity contribution in [2.24, 2.45) is 17.3 Å². The zero-order valence-corrected chi connectivity index (χ0v) is 19.6. The van der Waals surface area contributed by atoms with Gasteiger partial charge in [0.2, 0.25) is 0 Å². The number of esters is 1. The molecule has 3 aromatic rings. The van der Waals surface area contributed by atoms with Crippen LogP contribution in [0.1, 0.15) is 20.3 Å². The van der Waals surface area contributed by atoms with Crippen molar-refractivity contribution in [2.45, 2.75) is 31.9 Å². The molecule has 1 heterocycles. The van der Waals surface area contributed by atoms with E-state index in [1.54, 1.807) is 0 Å². The lowest BCUT2D eigenvalue weighted by Crippen LogP contribution is -2.72. The molecule has 3 nitrogen and oxygen atoms in total. The minimum Gasteiger partial charge on any atom is -0.465 e. The molecular weight excluding hydrogens is 412 g/mol. The van der Waals surface area contributed by atoms with Gasteiger partial charge in [-0.25, -0.2) is 0 Å². The first-order valence-electron chi connectivity index (χ1n) is 11.5. The molecule has 2 fully saturated rings. The predicted octanol–water partition coefficient (Wildman–Crippen LogP) is 3.11. The SMILES string of the molecule is CC1(C)C[C@@H]([C@@H]2C(=O)OC[C@H]2[Si](c2ccccc2)(c2ccccc2)c2ccccc2)[C@@H]1O. The Kier molecular flexibility index (Phi) is 5.30. The van der Waals surface area contributed by atoms with Gasteiger partial charge in [-0.1, -0.05) is 105 Å². The molecule has 3 aromatic carbocycles. The van der Waals surface area contributed by atoms with Gasteiger partial charge in [0.15, 0.2) is 8.07 Å². The smallest absolute Gasteiger partial charge is 0.309 e. The third-order valence-electron chi connectivity index (χ3n) is 7.78. The van der Waals surface area contributed by atoms with Gasteiger partial charge >= 0.3 is 5.97 Å². The third kappa shape index (κ3) is 3.16. The third-order valence-corrected chi connectivity index (χ3v) is 13.2. The second kappa shape index (κ2) is 8.02. The molecule has 5 rings (SSSR count). The second-order valence-electron chi connectivity index (χ2n) is 9.97. The van der Waals surface area contributed by atoms with Gasteiger partial charge in [0.1, 0.15) is 0 Å². The quantitative estimate of drug-likeness (QED) is 0.375. The summed E-state index contributed by atoms with van der Waals surface area (Å²) in [5.41, 5.74) is -0.146. The van der Waals surface area contributed by atoms with Crippen molar-refractivity contribution < 1.29 is 14.6 Å². The van der Waals surface area contributed by atoms with Crippen molar-refractivity contribution in [1.82, 2.24) is 0 Å². The molecule has 0 aromatic heterocycles. The van der Waals surface area contributed by atoms with E-state index in [-0.39, 0.29) is 28.8 Å². The number of ether oxygens (including phenoxy) is 1. The van der Waals surface area contributed by atoms with Gasteiger partial charge in [0.05, 0.1) is 18.6 Å². The molecule has 4 heteroatoms. The maximum Gasteiger partial charge on any atom is 0.309 e. The summed E-state index contributed by atoms with van der Waals surface area (Å²) in [6.45, 7) is 4.57. The fourth-order valence-electron chi connectivity index (χ4n) is 6.23. The van der Waals surface area contributed by atoms with Crippen LogP contribution in [-0.4, -0.2) is 31.9 Å². The molecule has 2 aliphatic rings. The fourth-order valence-corrected chi connectivity index (χ4v) is 11.9. The summed E-state index contributed by atoms with van der Waals surface area (Å²) in [4.78, 5) is 13.2. The van der Waals surface area contributed by atoms with Gasteiger partial charge in [-0.2, -0.15) is 0 Å². The van der Waals surface area contributed by atoms with Crippen molar-refractivity contribution >= 4 is 29.6 Å². The minimum atomic E-state index is -2.67. The minimum absolute atomic E-state index is 0.0120. The molecule has 0 unspecified atom stereocenters. The van der Waals surface area contributed by atoms with Crippen LogP contribution in [0.15, 0.2) is 91.0 Å². The van der Waals surface area contributed by atoms with E-state index >= 15 is 0 Å². The molecule has 164 valence electrons. The van der Waals surface area contributed by atoms with Crippen LogP contribution < -0.4 is 15.6 Å². The van der Waals surface area contributed by atoms with Crippen molar-refractivity contribution in [2.75, 3.05) is 6.61 Å². The van der Waals surface area contributed by atoms with Crippen LogP contribution in [0.3, 0.4) is 0 Å². The second-order valence-corrected chi connectivity index (χ2v) is 14.1. The summed E-state index contributed by atoms with van der Waals surface area (Å²) in [5.74, 6) is -0.507. The first-order chi connectivity index (χ1) is 15.5. The first kappa shape index (κ1) is 21.2. The summed E-state index contributed by atoms with van der Waals surface area (Å²) < 4.78 is 5.81. The van der Waals surface area contributed by atoms with Crippen LogP contribution in [0.5, 0.6) is 0 Å². The number of carbonyl (C=O) groups is 1. The average molecular weight is 443 g/mol. The van der Waals surface area contributed by atoms with Crippen LogP contribution >= 0.6 is 0 Å². The molecule has 0 bridgehead atoms. The summed E-state index contributed by atoms with van der Waals surface area (Å²) in [5, 5.41) is 14.8. The number of hydrogen-bond acceptors (Lipinski definition) is 3. The highest BCUT2D eigenvalue weighted by Gasteiger charge is 2.62. The molecule has 32 heavy (non-hydrogen) atoms. The zero-order chi connectivity index (χ0) is 22.3. The standard InChI is InChI=1S/C28H30O3Si/c1-28(2)18-23(26(28)29)25-24(19-31-27(25)30)32(20-12-6-3-7-13-20,21-14-8-4-9-15-21)22-16-10-5-11-17-22/h3-17,23-26,29H,18-19H2,1-2H3/t23-,24+,25-,26-/m0/s1. The van der Waals surface area contributed by atoms with Crippen LogP contribution in [0.2, 0.25) is 5.54 Å². The maximum atomic E-state index is 13.2. The van der Waals surface area contributed by atoms with E-state index in [0.29, 0.717) is 6.61 Å². The van der Waals surface area contributed by atoms with E-state index in [4.69, 9.17) is 4.74 Å². The highest BCUT2D eigenvalue weighted by atomic mass is 28.3. The Morgan fingerprint density at radius 1 is 0.812 bits per heavy atom. The first-order valence-corrected chi connectivity index (χ1v) is 13.6. The Bertz CT molecular complexity index is 985. The Labute approximate surface area is 191 Å². The fraction of sp³-hybridized carbons (Fsp3) is 0.321. The molecule has 4 atom stereocenters.